The second-order valence-corrected chi connectivity index (χ2v) is 5.11. The Morgan fingerprint density at radius 2 is 1.87 bits per heavy atom. The molecule has 2 aliphatic heterocycles. The van der Waals surface area contributed by atoms with Crippen LogP contribution in [0.1, 0.15) is 26.7 Å². The van der Waals surface area contributed by atoms with E-state index < -0.39 is 5.60 Å². The van der Waals surface area contributed by atoms with Gasteiger partial charge in [-0.2, -0.15) is 0 Å². The van der Waals surface area contributed by atoms with Crippen LogP contribution in [0.5, 0.6) is 0 Å². The Hall–Kier alpha value is -0.610. The highest BCUT2D eigenvalue weighted by Crippen LogP contribution is 2.23. The van der Waals surface area contributed by atoms with Crippen LogP contribution in [0.4, 0.5) is 0 Å². The number of aliphatic hydroxyl groups is 1. The Balaban J connectivity index is 1.85. The average molecular weight is 212 g/mol. The molecule has 2 saturated heterocycles. The normalized spacial score (nSPS) is 27.5. The summed E-state index contributed by atoms with van der Waals surface area (Å²) in [5.41, 5.74) is -0.584. The summed E-state index contributed by atoms with van der Waals surface area (Å²) in [4.78, 5) is 16.0. The van der Waals surface area contributed by atoms with Gasteiger partial charge in [-0.05, 0) is 26.7 Å². The summed E-state index contributed by atoms with van der Waals surface area (Å²) in [6.45, 7) is 6.81. The summed E-state index contributed by atoms with van der Waals surface area (Å²) >= 11 is 0. The van der Waals surface area contributed by atoms with E-state index in [0.717, 1.165) is 25.9 Å². The lowest BCUT2D eigenvalue weighted by molar-refractivity contribution is -0.147. The highest BCUT2D eigenvalue weighted by atomic mass is 16.3. The van der Waals surface area contributed by atoms with Crippen LogP contribution in [-0.4, -0.2) is 58.6 Å². The van der Waals surface area contributed by atoms with Crippen molar-refractivity contribution in [2.24, 2.45) is 0 Å². The van der Waals surface area contributed by atoms with Crippen molar-refractivity contribution in [1.29, 1.82) is 0 Å². The first-order valence-corrected chi connectivity index (χ1v) is 5.75. The van der Waals surface area contributed by atoms with Crippen molar-refractivity contribution < 1.29 is 9.90 Å². The van der Waals surface area contributed by atoms with E-state index in [1.165, 1.54) is 0 Å². The van der Waals surface area contributed by atoms with Crippen molar-refractivity contribution in [2.75, 3.05) is 26.2 Å². The first kappa shape index (κ1) is 10.9. The standard InChI is InChI=1S/C11H20N2O2/c1-9(13-7-11(2,15)8-13)10(14)12-5-3-4-6-12/h9,15H,3-8H2,1-2H3. The second kappa shape index (κ2) is 3.76. The van der Waals surface area contributed by atoms with Crippen LogP contribution in [0, 0.1) is 0 Å². The number of amides is 1. The molecule has 4 nitrogen and oxygen atoms in total. The van der Waals surface area contributed by atoms with Gasteiger partial charge in [-0.15, -0.1) is 0 Å². The summed E-state index contributed by atoms with van der Waals surface area (Å²) in [5.74, 6) is 0.225. The minimum Gasteiger partial charge on any atom is -0.388 e. The SMILES string of the molecule is CC(C(=O)N1CCCC1)N1CC(C)(O)C1. The maximum Gasteiger partial charge on any atom is 0.239 e. The van der Waals surface area contributed by atoms with Gasteiger partial charge in [0.05, 0.1) is 11.6 Å². The molecule has 2 rings (SSSR count). The molecule has 1 N–H and O–H groups in total. The fraction of sp³-hybridized carbons (Fsp3) is 0.909. The third-order valence-corrected chi connectivity index (χ3v) is 3.41. The van der Waals surface area contributed by atoms with E-state index in [4.69, 9.17) is 0 Å². The highest BCUT2D eigenvalue weighted by Gasteiger charge is 2.41. The van der Waals surface area contributed by atoms with E-state index in [2.05, 4.69) is 0 Å². The predicted molar refractivity (Wildman–Crippen MR) is 57.5 cm³/mol. The highest BCUT2D eigenvalue weighted by molar-refractivity contribution is 5.81. The van der Waals surface area contributed by atoms with Gasteiger partial charge in [0, 0.05) is 26.2 Å². The number of carbonyl (C=O) groups is 1. The number of β-amino-alcohol motifs (C(OH)–C–C–N with tert-alkyl or cyclic N) is 1. The molecule has 2 aliphatic rings. The minimum atomic E-state index is -0.584. The number of likely N-dealkylation sites (tertiary alicyclic amines) is 2. The number of hydrogen-bond donors (Lipinski definition) is 1. The van der Waals surface area contributed by atoms with Gasteiger partial charge >= 0.3 is 0 Å². The molecule has 2 fully saturated rings. The van der Waals surface area contributed by atoms with Crippen LogP contribution in [0.2, 0.25) is 0 Å². The molecule has 0 saturated carbocycles. The summed E-state index contributed by atoms with van der Waals surface area (Å²) in [6.07, 6.45) is 2.27. The Bertz CT molecular complexity index is 251. The van der Waals surface area contributed by atoms with E-state index >= 15 is 0 Å². The lowest BCUT2D eigenvalue weighted by Gasteiger charge is -2.47. The molecule has 2 heterocycles. The summed E-state index contributed by atoms with van der Waals surface area (Å²) in [5, 5.41) is 9.61. The number of carbonyl (C=O) groups excluding carboxylic acids is 1. The minimum absolute atomic E-state index is 0.0664. The van der Waals surface area contributed by atoms with Gasteiger partial charge in [-0.1, -0.05) is 0 Å². The van der Waals surface area contributed by atoms with Crippen LogP contribution >= 0.6 is 0 Å². The number of rotatable bonds is 2. The lowest BCUT2D eigenvalue weighted by atomic mass is 9.94. The Kier molecular flexibility index (Phi) is 2.73. The molecule has 0 radical (unpaired) electrons. The molecule has 0 aromatic carbocycles. The molecule has 0 aliphatic carbocycles. The van der Waals surface area contributed by atoms with Crippen molar-refractivity contribution in [2.45, 2.75) is 38.3 Å². The molecule has 1 amide bonds. The zero-order valence-corrected chi connectivity index (χ0v) is 9.57. The molecular weight excluding hydrogens is 192 g/mol. The zero-order chi connectivity index (χ0) is 11.1. The van der Waals surface area contributed by atoms with Gasteiger partial charge in [0.15, 0.2) is 0 Å². The van der Waals surface area contributed by atoms with Crippen molar-refractivity contribution in [3.63, 3.8) is 0 Å². The van der Waals surface area contributed by atoms with Gasteiger partial charge in [-0.3, -0.25) is 9.69 Å². The maximum atomic E-state index is 12.0. The summed E-state index contributed by atoms with van der Waals surface area (Å²) in [6, 6.07) is -0.0664. The maximum absolute atomic E-state index is 12.0. The van der Waals surface area contributed by atoms with Crippen molar-refractivity contribution in [3.8, 4) is 0 Å². The third kappa shape index (κ3) is 2.16. The van der Waals surface area contributed by atoms with Gasteiger partial charge in [0.25, 0.3) is 0 Å². The molecule has 0 spiro atoms. The van der Waals surface area contributed by atoms with E-state index in [1.807, 2.05) is 23.6 Å². The van der Waals surface area contributed by atoms with Crippen LogP contribution < -0.4 is 0 Å². The lowest BCUT2D eigenvalue weighted by Crippen LogP contribution is -2.65. The van der Waals surface area contributed by atoms with Crippen LogP contribution in [0.15, 0.2) is 0 Å². The monoisotopic (exact) mass is 212 g/mol. The first-order valence-electron chi connectivity index (χ1n) is 5.75. The summed E-state index contributed by atoms with van der Waals surface area (Å²) < 4.78 is 0. The quantitative estimate of drug-likeness (QED) is 0.704. The Labute approximate surface area is 90.9 Å². The van der Waals surface area contributed by atoms with Gasteiger partial charge in [0.2, 0.25) is 5.91 Å². The van der Waals surface area contributed by atoms with Gasteiger partial charge in [-0.25, -0.2) is 0 Å². The van der Waals surface area contributed by atoms with E-state index in [0.29, 0.717) is 13.1 Å². The van der Waals surface area contributed by atoms with Gasteiger partial charge < -0.3 is 10.0 Å². The van der Waals surface area contributed by atoms with E-state index in [-0.39, 0.29) is 11.9 Å². The van der Waals surface area contributed by atoms with Crippen LogP contribution in [0.3, 0.4) is 0 Å². The fourth-order valence-corrected chi connectivity index (χ4v) is 2.46. The van der Waals surface area contributed by atoms with Crippen LogP contribution in [0.25, 0.3) is 0 Å². The van der Waals surface area contributed by atoms with Crippen molar-refractivity contribution >= 4 is 5.91 Å². The van der Waals surface area contributed by atoms with Crippen molar-refractivity contribution in [3.05, 3.63) is 0 Å². The molecule has 0 aromatic rings. The molecule has 4 heteroatoms. The Morgan fingerprint density at radius 3 is 2.33 bits per heavy atom. The molecule has 15 heavy (non-hydrogen) atoms. The number of hydrogen-bond acceptors (Lipinski definition) is 3. The number of nitrogens with zero attached hydrogens (tertiary/aromatic N) is 2. The first-order chi connectivity index (χ1) is 6.99. The third-order valence-electron chi connectivity index (χ3n) is 3.41. The topological polar surface area (TPSA) is 43.8 Å². The molecule has 0 bridgehead atoms. The molecule has 1 unspecified atom stereocenters. The van der Waals surface area contributed by atoms with E-state index in [9.17, 15) is 9.90 Å². The molecule has 1 atom stereocenters. The molecular formula is C11H20N2O2. The zero-order valence-electron chi connectivity index (χ0n) is 9.57. The second-order valence-electron chi connectivity index (χ2n) is 5.11. The smallest absolute Gasteiger partial charge is 0.239 e. The largest absolute Gasteiger partial charge is 0.388 e. The average Bonchev–Trinajstić information content (AvgIpc) is 2.64. The fourth-order valence-electron chi connectivity index (χ4n) is 2.46. The Morgan fingerprint density at radius 1 is 1.33 bits per heavy atom. The predicted octanol–water partition coefficient (Wildman–Crippen LogP) is 0.0639. The van der Waals surface area contributed by atoms with Gasteiger partial charge in [0.1, 0.15) is 0 Å². The molecule has 0 aromatic heterocycles. The molecule has 86 valence electrons. The van der Waals surface area contributed by atoms with E-state index in [1.54, 1.807) is 0 Å². The summed E-state index contributed by atoms with van der Waals surface area (Å²) in [7, 11) is 0. The van der Waals surface area contributed by atoms with Crippen LogP contribution in [-0.2, 0) is 4.79 Å². The van der Waals surface area contributed by atoms with Crippen molar-refractivity contribution in [1.82, 2.24) is 9.80 Å².